The first kappa shape index (κ1) is 9.67. The molecular weight excluding hydrogens is 210 g/mol. The van der Waals surface area contributed by atoms with Gasteiger partial charge >= 0.3 is 0 Å². The molecule has 0 radical (unpaired) electrons. The Kier molecular flexibility index (Phi) is 2.39. The molecule has 0 amide bonds. The molecule has 76 valence electrons. The molecule has 2 rings (SSSR count). The number of hydrogen-bond acceptors (Lipinski definition) is 3. The first-order valence-electron chi connectivity index (χ1n) is 4.36. The third-order valence-corrected chi connectivity index (χ3v) is 2.25. The summed E-state index contributed by atoms with van der Waals surface area (Å²) >= 11 is 5.04. The van der Waals surface area contributed by atoms with E-state index in [-0.39, 0.29) is 11.4 Å². The fourth-order valence-electron chi connectivity index (χ4n) is 1.33. The molecule has 1 aromatic carbocycles. The lowest BCUT2D eigenvalue weighted by Crippen LogP contribution is -2.20. The number of aromatic amines is 1. The van der Waals surface area contributed by atoms with Crippen LogP contribution >= 0.6 is 12.2 Å². The zero-order valence-electron chi connectivity index (χ0n) is 7.81. The van der Waals surface area contributed by atoms with E-state index in [1.165, 1.54) is 10.6 Å². The molecule has 1 aromatic heterocycles. The van der Waals surface area contributed by atoms with Gasteiger partial charge in [0, 0.05) is 6.07 Å². The van der Waals surface area contributed by atoms with Crippen molar-refractivity contribution in [2.75, 3.05) is 5.73 Å². The molecule has 0 aliphatic carbocycles. The highest BCUT2D eigenvalue weighted by atomic mass is 32.1. The quantitative estimate of drug-likeness (QED) is 0.714. The van der Waals surface area contributed by atoms with Crippen LogP contribution in [0.25, 0.3) is 5.69 Å². The summed E-state index contributed by atoms with van der Waals surface area (Å²) in [4.78, 5) is 14.4. The molecule has 0 spiro atoms. The van der Waals surface area contributed by atoms with Gasteiger partial charge in [0.1, 0.15) is 5.82 Å². The molecule has 0 aliphatic heterocycles. The standard InChI is InChI=1S/C10H9N3OS/c11-8-6-9(14)13(10(15)12-8)7-4-2-1-3-5-7/h1-6H,11H2,(H,12,15). The van der Waals surface area contributed by atoms with Gasteiger partial charge in [0.15, 0.2) is 4.77 Å². The van der Waals surface area contributed by atoms with E-state index in [4.69, 9.17) is 18.0 Å². The molecule has 15 heavy (non-hydrogen) atoms. The summed E-state index contributed by atoms with van der Waals surface area (Å²) in [6, 6.07) is 10.5. The van der Waals surface area contributed by atoms with E-state index in [1.54, 1.807) is 12.1 Å². The highest BCUT2D eigenvalue weighted by Gasteiger charge is 2.01. The van der Waals surface area contributed by atoms with Gasteiger partial charge in [-0.1, -0.05) is 18.2 Å². The average molecular weight is 219 g/mol. The molecule has 0 fully saturated rings. The van der Waals surface area contributed by atoms with Gasteiger partial charge in [0.2, 0.25) is 0 Å². The summed E-state index contributed by atoms with van der Waals surface area (Å²) in [5.41, 5.74) is 5.96. The topological polar surface area (TPSA) is 63.8 Å². The van der Waals surface area contributed by atoms with E-state index >= 15 is 0 Å². The van der Waals surface area contributed by atoms with Crippen molar-refractivity contribution in [2.45, 2.75) is 0 Å². The molecule has 0 atom stereocenters. The highest BCUT2D eigenvalue weighted by Crippen LogP contribution is 2.04. The predicted octanol–water partition coefficient (Wildman–Crippen LogP) is 1.48. The normalized spacial score (nSPS) is 10.1. The largest absolute Gasteiger partial charge is 0.385 e. The van der Waals surface area contributed by atoms with Crippen LogP contribution in [0.3, 0.4) is 0 Å². The summed E-state index contributed by atoms with van der Waals surface area (Å²) in [6.07, 6.45) is 0. The van der Waals surface area contributed by atoms with Gasteiger partial charge in [-0.15, -0.1) is 0 Å². The number of nitrogens with zero attached hydrogens (tertiary/aromatic N) is 1. The van der Waals surface area contributed by atoms with E-state index in [1.807, 2.05) is 18.2 Å². The fourth-order valence-corrected chi connectivity index (χ4v) is 1.65. The maximum atomic E-state index is 11.7. The van der Waals surface area contributed by atoms with E-state index < -0.39 is 0 Å². The van der Waals surface area contributed by atoms with Gasteiger partial charge in [-0.25, -0.2) is 0 Å². The van der Waals surface area contributed by atoms with Crippen LogP contribution < -0.4 is 11.3 Å². The van der Waals surface area contributed by atoms with Crippen LogP contribution in [0.5, 0.6) is 0 Å². The van der Waals surface area contributed by atoms with Crippen molar-refractivity contribution in [3.8, 4) is 5.69 Å². The van der Waals surface area contributed by atoms with E-state index in [2.05, 4.69) is 4.98 Å². The van der Waals surface area contributed by atoms with Crippen LogP contribution in [0.1, 0.15) is 0 Å². The lowest BCUT2D eigenvalue weighted by atomic mass is 10.3. The van der Waals surface area contributed by atoms with Crippen LogP contribution in [-0.2, 0) is 0 Å². The summed E-state index contributed by atoms with van der Waals surface area (Å²) in [5, 5.41) is 0. The van der Waals surface area contributed by atoms with Crippen molar-refractivity contribution in [3.05, 3.63) is 51.5 Å². The minimum Gasteiger partial charge on any atom is -0.385 e. The Hall–Kier alpha value is -1.88. The number of nitrogen functional groups attached to an aromatic ring is 1. The van der Waals surface area contributed by atoms with Gasteiger partial charge in [0.25, 0.3) is 5.56 Å². The molecule has 0 unspecified atom stereocenters. The number of aromatic nitrogens is 2. The summed E-state index contributed by atoms with van der Waals surface area (Å²) in [5.74, 6) is 0.275. The van der Waals surface area contributed by atoms with Crippen molar-refractivity contribution >= 4 is 18.0 Å². The third kappa shape index (κ3) is 1.82. The second-order valence-electron chi connectivity index (χ2n) is 3.04. The number of H-pyrrole nitrogens is 1. The van der Waals surface area contributed by atoms with Gasteiger partial charge in [-0.2, -0.15) is 0 Å². The molecule has 3 N–H and O–H groups in total. The van der Waals surface area contributed by atoms with Crippen molar-refractivity contribution in [1.82, 2.24) is 9.55 Å². The Bertz CT molecular complexity index is 554. The van der Waals surface area contributed by atoms with Gasteiger partial charge in [-0.05, 0) is 24.4 Å². The number of para-hydroxylation sites is 1. The number of nitrogens with two attached hydrogens (primary N) is 1. The molecule has 0 saturated carbocycles. The lowest BCUT2D eigenvalue weighted by molar-refractivity contribution is 0.918. The Morgan fingerprint density at radius 2 is 1.93 bits per heavy atom. The maximum Gasteiger partial charge on any atom is 0.260 e. The van der Waals surface area contributed by atoms with Crippen LogP contribution in [-0.4, -0.2) is 9.55 Å². The Morgan fingerprint density at radius 1 is 1.27 bits per heavy atom. The fraction of sp³-hybridized carbons (Fsp3) is 0. The van der Waals surface area contributed by atoms with Gasteiger partial charge in [0.05, 0.1) is 5.69 Å². The first-order chi connectivity index (χ1) is 7.18. The van der Waals surface area contributed by atoms with Crippen LogP contribution in [0.4, 0.5) is 5.82 Å². The van der Waals surface area contributed by atoms with Gasteiger partial charge < -0.3 is 10.7 Å². The molecular formula is C10H9N3OS. The molecule has 1 heterocycles. The van der Waals surface area contributed by atoms with Crippen LogP contribution in [0.15, 0.2) is 41.2 Å². The Labute approximate surface area is 91.0 Å². The van der Waals surface area contributed by atoms with E-state index in [9.17, 15) is 4.79 Å². The molecule has 2 aromatic rings. The van der Waals surface area contributed by atoms with Crippen molar-refractivity contribution < 1.29 is 0 Å². The molecule has 4 nitrogen and oxygen atoms in total. The highest BCUT2D eigenvalue weighted by molar-refractivity contribution is 7.71. The molecule has 0 aliphatic rings. The smallest absolute Gasteiger partial charge is 0.260 e. The van der Waals surface area contributed by atoms with Gasteiger partial charge in [-0.3, -0.25) is 9.36 Å². The zero-order valence-corrected chi connectivity index (χ0v) is 8.62. The predicted molar refractivity (Wildman–Crippen MR) is 61.6 cm³/mol. The monoisotopic (exact) mass is 219 g/mol. The summed E-state index contributed by atoms with van der Waals surface area (Å²) < 4.78 is 1.69. The second kappa shape index (κ2) is 3.70. The Balaban J connectivity index is 2.75. The summed E-state index contributed by atoms with van der Waals surface area (Å²) in [7, 11) is 0. The summed E-state index contributed by atoms with van der Waals surface area (Å²) in [6.45, 7) is 0. The number of hydrogen-bond donors (Lipinski definition) is 2. The number of anilines is 1. The SMILES string of the molecule is Nc1cc(=O)n(-c2ccccc2)c(=S)[nH]1. The molecule has 5 heteroatoms. The Morgan fingerprint density at radius 3 is 2.53 bits per heavy atom. The average Bonchev–Trinajstić information content (AvgIpc) is 2.17. The van der Waals surface area contributed by atoms with E-state index in [0.717, 1.165) is 5.69 Å². The molecule has 0 bridgehead atoms. The second-order valence-corrected chi connectivity index (χ2v) is 3.43. The van der Waals surface area contributed by atoms with E-state index in [0.29, 0.717) is 4.77 Å². The minimum atomic E-state index is -0.234. The number of benzene rings is 1. The van der Waals surface area contributed by atoms with Crippen LogP contribution in [0, 0.1) is 4.77 Å². The first-order valence-corrected chi connectivity index (χ1v) is 4.76. The maximum absolute atomic E-state index is 11.7. The van der Waals surface area contributed by atoms with Crippen molar-refractivity contribution in [2.24, 2.45) is 0 Å². The number of rotatable bonds is 1. The van der Waals surface area contributed by atoms with Crippen molar-refractivity contribution in [3.63, 3.8) is 0 Å². The molecule has 0 saturated heterocycles. The number of nitrogens with one attached hydrogen (secondary N) is 1. The third-order valence-electron chi connectivity index (χ3n) is 1.97. The zero-order chi connectivity index (χ0) is 10.8. The van der Waals surface area contributed by atoms with Crippen LogP contribution in [0.2, 0.25) is 0 Å². The van der Waals surface area contributed by atoms with Crippen molar-refractivity contribution in [1.29, 1.82) is 0 Å². The lowest BCUT2D eigenvalue weighted by Gasteiger charge is -2.05. The minimum absolute atomic E-state index is 0.234.